The van der Waals surface area contributed by atoms with Gasteiger partial charge in [0.15, 0.2) is 11.9 Å². The van der Waals surface area contributed by atoms with Crippen molar-refractivity contribution in [3.8, 4) is 5.75 Å². The summed E-state index contributed by atoms with van der Waals surface area (Å²) in [6, 6.07) is -2.37. The number of aliphatic carboxylic acids is 6. The van der Waals surface area contributed by atoms with Crippen LogP contribution in [-0.2, 0) is 73.4 Å². The number of nitrogens with two attached hydrogens (primary N) is 13. The van der Waals surface area contributed by atoms with Crippen LogP contribution in [0.5, 0.6) is 5.75 Å². The van der Waals surface area contributed by atoms with Crippen LogP contribution in [0.15, 0.2) is 34.3 Å². The molecule has 0 aliphatic carbocycles. The van der Waals surface area contributed by atoms with Crippen LogP contribution in [-0.4, -0.2) is 214 Å². The fraction of sp³-hybridized carbons (Fsp3) is 0.642. The molecule has 38 heteroatoms. The zero-order valence-corrected chi connectivity index (χ0v) is 51.4. The maximum absolute atomic E-state index is 12.3. The summed E-state index contributed by atoms with van der Waals surface area (Å²) in [6.45, 7) is 7.21. The highest BCUT2D eigenvalue weighted by Crippen LogP contribution is 2.16. The van der Waals surface area contributed by atoms with Gasteiger partial charge in [0.1, 0.15) is 78.4 Å². The third-order valence-corrected chi connectivity index (χ3v) is 12.2. The van der Waals surface area contributed by atoms with Crippen LogP contribution < -0.4 is 89.9 Å². The van der Waals surface area contributed by atoms with Crippen molar-refractivity contribution in [2.45, 2.75) is 183 Å². The van der Waals surface area contributed by atoms with E-state index in [-0.39, 0.29) is 43.0 Å². The Labute approximate surface area is 525 Å². The molecule has 0 saturated carbocycles. The standard InChI is InChI=1S/C24H37N7O7.C9H16N2O4.C6H14N4O2.C6H14N2O2.C5H9NO4.C3H7NO2/c1-13(36-22(34)18-5-3-10-30-18)19(27)23(35)38-21(33)17(26)12-14-6-8-15(9-7-14)37-20(32)16(25)4-2-11-31-24(28)29;1-5(7(10)8(12)13)15-9(14)6-3-2-4-11-6;7-4(5(11)12)2-1-3-10-6(8)9;7-4-2-1-3-5(8)6(9)10;6-3(5(9)10)1-2-4(7)8;1-2(4)3(5)6/h6-9,13,16-19,30H,2-5,10-12,25-27H2,1H3,(H4,28,29,31);5-7,11H,2-4,10H2,1H3,(H,12,13);4H,1-3,7H2,(H,11,12)(H4,8,9,10);5H,1-4,7-8H2,(H,9,10);3H,1-2,6H2,(H,7,8)(H,9,10);2H,4H2,1H3,(H,5,6)/t13-,16+,17+,18+,19+;5-,6+,7+;4-;5-;3-;2-/m110000/s1. The number of aliphatic imine (C=N–C) groups is 2. The fourth-order valence-corrected chi connectivity index (χ4v) is 6.62. The minimum Gasteiger partial charge on any atom is -0.481 e. The number of unbranched alkanes of at least 4 members (excludes halogenated alkanes) is 1. The summed E-state index contributed by atoms with van der Waals surface area (Å²) in [5.41, 5.74) is 69.5. The Morgan fingerprint density at radius 3 is 1.29 bits per heavy atom. The highest BCUT2D eigenvalue weighted by Gasteiger charge is 2.33. The van der Waals surface area contributed by atoms with Crippen LogP contribution in [0.4, 0.5) is 0 Å². The number of carbonyl (C=O) groups is 11. The highest BCUT2D eigenvalue weighted by atomic mass is 16.6. The summed E-state index contributed by atoms with van der Waals surface area (Å²) < 4.78 is 20.2. The van der Waals surface area contributed by atoms with Crippen molar-refractivity contribution in [3.05, 3.63) is 29.8 Å². The number of hydrogen-bond acceptors (Lipinski definition) is 28. The number of hydrogen-bond donors (Lipinski definition) is 21. The lowest BCUT2D eigenvalue weighted by atomic mass is 10.1. The molecule has 0 bridgehead atoms. The maximum Gasteiger partial charge on any atom is 0.334 e. The number of carbonyl (C=O) groups excluding carboxylic acids is 5. The van der Waals surface area contributed by atoms with Crippen molar-refractivity contribution in [2.75, 3.05) is 32.7 Å². The molecule has 2 aliphatic rings. The second-order valence-corrected chi connectivity index (χ2v) is 20.3. The lowest BCUT2D eigenvalue weighted by molar-refractivity contribution is -0.166. The first-order valence-corrected chi connectivity index (χ1v) is 28.5. The summed E-state index contributed by atoms with van der Waals surface area (Å²) in [4.78, 5) is 128. The van der Waals surface area contributed by atoms with Gasteiger partial charge >= 0.3 is 65.7 Å². The van der Waals surface area contributed by atoms with Crippen molar-refractivity contribution in [1.82, 2.24) is 10.6 Å². The van der Waals surface area contributed by atoms with Gasteiger partial charge in [-0.15, -0.1) is 0 Å². The number of esters is 5. The van der Waals surface area contributed by atoms with Gasteiger partial charge in [-0.25, -0.2) is 14.4 Å². The molecule has 91 heavy (non-hydrogen) atoms. The maximum atomic E-state index is 12.3. The molecule has 520 valence electrons. The van der Waals surface area contributed by atoms with E-state index in [4.69, 9.17) is 124 Å². The third kappa shape index (κ3) is 44.7. The molecule has 0 spiro atoms. The fourth-order valence-electron chi connectivity index (χ4n) is 6.62. The molecular weight excluding hydrogens is 1210 g/mol. The Kier molecular flexibility index (Phi) is 47.2. The monoisotopic (exact) mass is 1310 g/mol. The predicted octanol–water partition coefficient (Wildman–Crippen LogP) is -6.33. The molecule has 0 unspecified atom stereocenters. The highest BCUT2D eigenvalue weighted by molar-refractivity contribution is 5.91. The van der Waals surface area contributed by atoms with Gasteiger partial charge in [-0.3, -0.25) is 48.3 Å². The van der Waals surface area contributed by atoms with E-state index < -0.39 is 132 Å². The average Bonchev–Trinajstić information content (AvgIpc) is 2.30. The van der Waals surface area contributed by atoms with Crippen molar-refractivity contribution in [3.63, 3.8) is 0 Å². The molecule has 1 aromatic rings. The molecule has 0 aromatic heterocycles. The molecule has 2 aliphatic heterocycles. The molecule has 2 heterocycles. The Balaban J connectivity index is -0.00000119. The topological polar surface area (TPSA) is 733 Å². The van der Waals surface area contributed by atoms with Crippen LogP contribution >= 0.6 is 0 Å². The van der Waals surface area contributed by atoms with Crippen molar-refractivity contribution in [2.24, 2.45) is 84.5 Å². The molecule has 0 radical (unpaired) electrons. The SMILES string of the molecule is C[C@@H](OC(=O)[C@@H]1CCCN1)[C@H](N)C(=O)O.C[C@@H](OC(=O)[C@@H]1CCCN1)[C@H](N)C(=O)OC(=O)[C@@H](N)Cc1ccc(OC(=O)[C@@H](N)CCCN=C(N)N)cc1.C[C@H](N)C(=O)O.NC(N)=NCCC[C@H](N)C(=O)O.NCCCC[C@H](N)C(=O)O.N[C@@H](CCC(=O)O)C(=O)O. The van der Waals surface area contributed by atoms with Crippen LogP contribution in [0.3, 0.4) is 0 Å². The van der Waals surface area contributed by atoms with Crippen molar-refractivity contribution >= 4 is 77.6 Å². The molecule has 34 N–H and O–H groups in total. The average molecular weight is 1310 g/mol. The normalized spacial score (nSPS) is 16.8. The first kappa shape index (κ1) is 86.9. The van der Waals surface area contributed by atoms with Crippen LogP contribution in [0.25, 0.3) is 0 Å². The van der Waals surface area contributed by atoms with Crippen LogP contribution in [0.1, 0.15) is 110 Å². The van der Waals surface area contributed by atoms with E-state index in [1.54, 1.807) is 12.1 Å². The second-order valence-electron chi connectivity index (χ2n) is 20.3. The zero-order chi connectivity index (χ0) is 70.5. The second kappa shape index (κ2) is 49.5. The van der Waals surface area contributed by atoms with E-state index in [9.17, 15) is 52.7 Å². The van der Waals surface area contributed by atoms with Gasteiger partial charge in [0.2, 0.25) is 0 Å². The Hall–Kier alpha value is -8.31. The Bertz CT molecular complexity index is 2440. The number of rotatable bonds is 32. The number of carboxylic acid groups (broad SMARTS) is 6. The molecule has 1 aromatic carbocycles. The van der Waals surface area contributed by atoms with Gasteiger partial charge in [0.05, 0.1) is 0 Å². The number of carboxylic acids is 6. The Morgan fingerprint density at radius 2 is 0.923 bits per heavy atom. The predicted molar refractivity (Wildman–Crippen MR) is 327 cm³/mol. The van der Waals surface area contributed by atoms with Gasteiger partial charge < -0.3 is 135 Å². The first-order valence-electron chi connectivity index (χ1n) is 28.5. The van der Waals surface area contributed by atoms with Crippen molar-refractivity contribution < 1.29 is 102 Å². The lowest BCUT2D eigenvalue weighted by Gasteiger charge is -2.21. The summed E-state index contributed by atoms with van der Waals surface area (Å²) in [7, 11) is 0. The third-order valence-electron chi connectivity index (χ3n) is 12.2. The van der Waals surface area contributed by atoms with Gasteiger partial charge in [0, 0.05) is 19.5 Å². The van der Waals surface area contributed by atoms with E-state index in [1.807, 2.05) is 0 Å². The number of nitrogens with zero attached hydrogens (tertiary/aromatic N) is 2. The molecule has 2 fully saturated rings. The molecular formula is C53H97N17O21. The Morgan fingerprint density at radius 1 is 0.516 bits per heavy atom. The van der Waals surface area contributed by atoms with E-state index in [0.29, 0.717) is 70.3 Å². The number of ether oxygens (including phenoxy) is 4. The summed E-state index contributed by atoms with van der Waals surface area (Å²) in [5, 5.41) is 55.4. The number of nitrogens with one attached hydrogen (secondary N) is 2. The van der Waals surface area contributed by atoms with E-state index in [1.165, 1.54) is 32.9 Å². The van der Waals surface area contributed by atoms with Crippen LogP contribution in [0, 0.1) is 0 Å². The van der Waals surface area contributed by atoms with E-state index in [2.05, 4.69) is 20.6 Å². The minimum absolute atomic E-state index is 0.0129. The largest absolute Gasteiger partial charge is 0.481 e. The van der Waals surface area contributed by atoms with Crippen molar-refractivity contribution in [1.29, 1.82) is 0 Å². The van der Waals surface area contributed by atoms with E-state index in [0.717, 1.165) is 38.6 Å². The van der Waals surface area contributed by atoms with E-state index >= 15 is 0 Å². The molecule has 3 rings (SSSR count). The summed E-state index contributed by atoms with van der Waals surface area (Å²) in [6.07, 6.45) is 5.12. The summed E-state index contributed by atoms with van der Waals surface area (Å²) >= 11 is 0. The van der Waals surface area contributed by atoms with Gasteiger partial charge in [-0.2, -0.15) is 0 Å². The lowest BCUT2D eigenvalue weighted by Crippen LogP contribution is -2.48. The molecule has 0 amide bonds. The molecule has 12 atom stereocenters. The smallest absolute Gasteiger partial charge is 0.334 e. The van der Waals surface area contributed by atoms with Gasteiger partial charge in [0.25, 0.3) is 0 Å². The van der Waals surface area contributed by atoms with Gasteiger partial charge in [-0.1, -0.05) is 18.6 Å². The minimum atomic E-state index is -1.36. The number of guanidine groups is 2. The molecule has 38 nitrogen and oxygen atoms in total. The quantitative estimate of drug-likeness (QED) is 0.00607. The van der Waals surface area contributed by atoms with Crippen LogP contribution in [0.2, 0.25) is 0 Å². The van der Waals surface area contributed by atoms with Gasteiger partial charge in [-0.05, 0) is 135 Å². The summed E-state index contributed by atoms with van der Waals surface area (Å²) in [5.74, 6) is -9.61. The molecule has 2 saturated heterocycles. The first-order chi connectivity index (χ1) is 42.4. The zero-order valence-electron chi connectivity index (χ0n) is 51.4. The number of benzene rings is 1.